The molecule has 0 saturated carbocycles. The number of ether oxygens (including phenoxy) is 1. The van der Waals surface area contributed by atoms with Gasteiger partial charge in [-0.2, -0.15) is 8.78 Å². The van der Waals surface area contributed by atoms with E-state index in [1.54, 1.807) is 6.07 Å². The fourth-order valence-corrected chi connectivity index (χ4v) is 1.58. The molecule has 0 bridgehead atoms. The van der Waals surface area contributed by atoms with Crippen molar-refractivity contribution in [3.63, 3.8) is 0 Å². The summed E-state index contributed by atoms with van der Waals surface area (Å²) in [4.78, 5) is 0. The van der Waals surface area contributed by atoms with Crippen LogP contribution < -0.4 is 4.74 Å². The summed E-state index contributed by atoms with van der Waals surface area (Å²) in [5.74, 6) is 0.477. The van der Waals surface area contributed by atoms with Gasteiger partial charge in [0.15, 0.2) is 0 Å². The van der Waals surface area contributed by atoms with Crippen molar-refractivity contribution in [3.8, 4) is 5.75 Å². The molecule has 4 heteroatoms. The number of halogens is 3. The fourth-order valence-electron chi connectivity index (χ4n) is 1.09. The van der Waals surface area contributed by atoms with Crippen molar-refractivity contribution in [1.29, 1.82) is 0 Å². The Balaban J connectivity index is 2.95. The second kappa shape index (κ2) is 4.73. The van der Waals surface area contributed by atoms with E-state index in [0.29, 0.717) is 0 Å². The van der Waals surface area contributed by atoms with E-state index in [0.717, 1.165) is 10.0 Å². The molecule has 0 saturated heterocycles. The molecule has 1 aromatic rings. The van der Waals surface area contributed by atoms with Gasteiger partial charge < -0.3 is 4.74 Å². The van der Waals surface area contributed by atoms with Gasteiger partial charge in [-0.15, -0.1) is 0 Å². The molecule has 0 aromatic heterocycles. The molecule has 0 unspecified atom stereocenters. The molecule has 0 aliphatic rings. The van der Waals surface area contributed by atoms with Gasteiger partial charge in [0.1, 0.15) is 5.75 Å². The lowest BCUT2D eigenvalue weighted by Crippen LogP contribution is -2.02. The Morgan fingerprint density at radius 2 is 1.86 bits per heavy atom. The van der Waals surface area contributed by atoms with Crippen LogP contribution in [0.15, 0.2) is 22.7 Å². The van der Waals surface area contributed by atoms with E-state index in [1.807, 2.05) is 19.9 Å². The Morgan fingerprint density at radius 3 is 2.36 bits per heavy atom. The highest BCUT2D eigenvalue weighted by Crippen LogP contribution is 2.26. The molecule has 0 fully saturated rings. The topological polar surface area (TPSA) is 9.23 Å². The maximum absolute atomic E-state index is 11.9. The quantitative estimate of drug-likeness (QED) is 0.796. The third-order valence-corrected chi connectivity index (χ3v) is 2.24. The number of benzene rings is 1. The van der Waals surface area contributed by atoms with Gasteiger partial charge in [-0.25, -0.2) is 0 Å². The summed E-state index contributed by atoms with van der Waals surface area (Å²) < 4.78 is 29.0. The van der Waals surface area contributed by atoms with Crippen molar-refractivity contribution < 1.29 is 13.5 Å². The zero-order valence-electron chi connectivity index (χ0n) is 7.93. The molecular formula is C10H11BrF2O. The fraction of sp³-hybridized carbons (Fsp3) is 0.400. The average molecular weight is 265 g/mol. The lowest BCUT2D eigenvalue weighted by atomic mass is 10.0. The zero-order chi connectivity index (χ0) is 10.7. The summed E-state index contributed by atoms with van der Waals surface area (Å²) in [6.07, 6.45) is 0. The number of alkyl halides is 2. The first-order valence-electron chi connectivity index (χ1n) is 4.24. The Hall–Kier alpha value is -0.640. The molecule has 0 radical (unpaired) electrons. The van der Waals surface area contributed by atoms with Crippen LogP contribution in [-0.4, -0.2) is 6.61 Å². The monoisotopic (exact) mass is 264 g/mol. The largest absolute Gasteiger partial charge is 0.435 e. The summed E-state index contributed by atoms with van der Waals surface area (Å²) in [6.45, 7) is 1.21. The Morgan fingerprint density at radius 1 is 1.21 bits per heavy atom. The van der Waals surface area contributed by atoms with Gasteiger partial charge >= 0.3 is 6.61 Å². The van der Waals surface area contributed by atoms with Crippen LogP contribution in [0.3, 0.4) is 0 Å². The smallest absolute Gasteiger partial charge is 0.387 e. The van der Waals surface area contributed by atoms with Crippen LogP contribution in [0.2, 0.25) is 0 Å². The van der Waals surface area contributed by atoms with Crippen molar-refractivity contribution >= 4 is 15.9 Å². The van der Waals surface area contributed by atoms with E-state index >= 15 is 0 Å². The normalized spacial score (nSPS) is 11.1. The SMILES string of the molecule is CC(C)c1cc(Br)cc(OC(F)F)c1. The van der Waals surface area contributed by atoms with Crippen LogP contribution >= 0.6 is 15.9 Å². The Kier molecular flexibility index (Phi) is 3.86. The lowest BCUT2D eigenvalue weighted by Gasteiger charge is -2.10. The first kappa shape index (κ1) is 11.4. The highest BCUT2D eigenvalue weighted by Gasteiger charge is 2.08. The second-order valence-corrected chi connectivity index (χ2v) is 4.17. The predicted octanol–water partition coefficient (Wildman–Crippen LogP) is 4.17. The van der Waals surface area contributed by atoms with Crippen molar-refractivity contribution in [3.05, 3.63) is 28.2 Å². The molecule has 1 rings (SSSR count). The molecule has 0 heterocycles. The summed E-state index contributed by atoms with van der Waals surface area (Å²) in [5, 5.41) is 0. The molecule has 0 spiro atoms. The van der Waals surface area contributed by atoms with Gasteiger partial charge in [-0.3, -0.25) is 0 Å². The summed E-state index contributed by atoms with van der Waals surface area (Å²) >= 11 is 3.25. The maximum atomic E-state index is 11.9. The van der Waals surface area contributed by atoms with Crippen molar-refractivity contribution in [1.82, 2.24) is 0 Å². The number of hydrogen-bond donors (Lipinski definition) is 0. The van der Waals surface area contributed by atoms with E-state index in [2.05, 4.69) is 20.7 Å². The van der Waals surface area contributed by atoms with Crippen LogP contribution in [-0.2, 0) is 0 Å². The van der Waals surface area contributed by atoms with Crippen LogP contribution in [0, 0.1) is 0 Å². The van der Waals surface area contributed by atoms with E-state index < -0.39 is 6.61 Å². The molecular weight excluding hydrogens is 254 g/mol. The first-order chi connectivity index (χ1) is 6.49. The molecule has 14 heavy (non-hydrogen) atoms. The number of hydrogen-bond acceptors (Lipinski definition) is 1. The lowest BCUT2D eigenvalue weighted by molar-refractivity contribution is -0.0499. The molecule has 1 nitrogen and oxygen atoms in total. The van der Waals surface area contributed by atoms with Gasteiger partial charge in [0.05, 0.1) is 0 Å². The third kappa shape index (κ3) is 3.25. The highest BCUT2D eigenvalue weighted by atomic mass is 79.9. The predicted molar refractivity (Wildman–Crippen MR) is 54.9 cm³/mol. The number of rotatable bonds is 3. The van der Waals surface area contributed by atoms with E-state index in [4.69, 9.17) is 0 Å². The van der Waals surface area contributed by atoms with Gasteiger partial charge in [0.25, 0.3) is 0 Å². The van der Waals surface area contributed by atoms with Gasteiger partial charge in [-0.1, -0.05) is 29.8 Å². The van der Waals surface area contributed by atoms with E-state index in [9.17, 15) is 8.78 Å². The Labute approximate surface area is 90.2 Å². The van der Waals surface area contributed by atoms with Crippen molar-refractivity contribution in [2.75, 3.05) is 0 Å². The van der Waals surface area contributed by atoms with Crippen LogP contribution in [0.5, 0.6) is 5.75 Å². The summed E-state index contributed by atoms with van der Waals surface area (Å²) in [7, 11) is 0. The molecule has 0 atom stereocenters. The van der Waals surface area contributed by atoms with Crippen molar-refractivity contribution in [2.24, 2.45) is 0 Å². The van der Waals surface area contributed by atoms with Crippen LogP contribution in [0.1, 0.15) is 25.3 Å². The minimum absolute atomic E-state index is 0.193. The standard InChI is InChI=1S/C10H11BrF2O/c1-6(2)7-3-8(11)5-9(4-7)14-10(12)13/h3-6,10H,1-2H3. The Bertz CT molecular complexity index is 313. The molecule has 0 amide bonds. The van der Waals surface area contributed by atoms with Gasteiger partial charge in [-0.05, 0) is 29.7 Å². The minimum Gasteiger partial charge on any atom is -0.435 e. The van der Waals surface area contributed by atoms with Gasteiger partial charge in [0, 0.05) is 4.47 Å². The van der Waals surface area contributed by atoms with Crippen LogP contribution in [0.4, 0.5) is 8.78 Å². The maximum Gasteiger partial charge on any atom is 0.387 e. The highest BCUT2D eigenvalue weighted by molar-refractivity contribution is 9.10. The average Bonchev–Trinajstić information content (AvgIpc) is 2.01. The molecule has 1 aromatic carbocycles. The van der Waals surface area contributed by atoms with E-state index in [-0.39, 0.29) is 11.7 Å². The van der Waals surface area contributed by atoms with Gasteiger partial charge in [0.2, 0.25) is 0 Å². The zero-order valence-corrected chi connectivity index (χ0v) is 9.51. The van der Waals surface area contributed by atoms with Crippen LogP contribution in [0.25, 0.3) is 0 Å². The molecule has 0 N–H and O–H groups in total. The molecule has 0 aliphatic heterocycles. The summed E-state index contributed by atoms with van der Waals surface area (Å²) in [6, 6.07) is 5.04. The molecule has 0 aliphatic carbocycles. The third-order valence-electron chi connectivity index (χ3n) is 1.79. The second-order valence-electron chi connectivity index (χ2n) is 3.25. The first-order valence-corrected chi connectivity index (χ1v) is 5.03. The van der Waals surface area contributed by atoms with E-state index in [1.165, 1.54) is 6.07 Å². The molecule has 78 valence electrons. The minimum atomic E-state index is -2.77. The summed E-state index contributed by atoms with van der Waals surface area (Å²) in [5.41, 5.74) is 0.968. The van der Waals surface area contributed by atoms with Crippen molar-refractivity contribution in [2.45, 2.75) is 26.4 Å².